The molecule has 10 heteroatoms. The van der Waals surface area contributed by atoms with Crippen LogP contribution in [-0.2, 0) is 10.0 Å². The summed E-state index contributed by atoms with van der Waals surface area (Å²) >= 11 is 1.63. The molecule has 0 atom stereocenters. The number of piperazine rings is 1. The van der Waals surface area contributed by atoms with Gasteiger partial charge in [0.2, 0.25) is 10.0 Å². The molecule has 2 rings (SSSR count). The molecular weight excluding hydrogens is 324 g/mol. The van der Waals surface area contributed by atoms with Crippen molar-refractivity contribution in [1.82, 2.24) is 14.6 Å². The van der Waals surface area contributed by atoms with E-state index in [0.717, 1.165) is 31.3 Å². The number of nitrogens with one attached hydrogen (secondary N) is 1. The first-order valence-electron chi connectivity index (χ1n) is 7.18. The van der Waals surface area contributed by atoms with Gasteiger partial charge in [-0.2, -0.15) is 0 Å². The topological polar surface area (TPSA) is 104 Å². The Kier molecular flexibility index (Phi) is 5.98. The minimum Gasteiger partial charge on any atom is -0.370 e. The molecule has 0 amide bonds. The van der Waals surface area contributed by atoms with Crippen LogP contribution in [0.4, 0.5) is 5.13 Å². The molecule has 8 nitrogen and oxygen atoms in total. The Morgan fingerprint density at radius 1 is 1.45 bits per heavy atom. The second kappa shape index (κ2) is 7.75. The van der Waals surface area contributed by atoms with Gasteiger partial charge in [-0.1, -0.05) is 0 Å². The highest BCUT2D eigenvalue weighted by atomic mass is 32.2. The zero-order valence-corrected chi connectivity index (χ0v) is 14.2. The minimum absolute atomic E-state index is 0.0743. The monoisotopic (exact) mass is 346 g/mol. The third kappa shape index (κ3) is 4.82. The Hall–Kier alpha value is -1.39. The fourth-order valence-electron chi connectivity index (χ4n) is 2.07. The lowest BCUT2D eigenvalue weighted by molar-refractivity contribution is 0.380. The van der Waals surface area contributed by atoms with Crippen LogP contribution in [0.1, 0.15) is 6.92 Å². The average molecular weight is 346 g/mol. The molecule has 0 unspecified atom stereocenters. The molecule has 1 aliphatic heterocycles. The number of hydrogen-bond acceptors (Lipinski definition) is 6. The summed E-state index contributed by atoms with van der Waals surface area (Å²) in [6, 6.07) is 0. The summed E-state index contributed by atoms with van der Waals surface area (Å²) in [5.74, 6) is 0.541. The standard InChI is InChI=1S/C12H22N6O2S2/c1-2-22(19,20)16-4-3-14-11(13)17-6-8-18(9-7-17)12-15-5-10-21-12/h5,10,16H,2-4,6-9H2,1H3,(H2,13,14). The number of guanidine groups is 1. The summed E-state index contributed by atoms with van der Waals surface area (Å²) in [6.07, 6.45) is 1.81. The van der Waals surface area contributed by atoms with Crippen molar-refractivity contribution in [1.29, 1.82) is 0 Å². The molecule has 1 aromatic rings. The molecule has 0 radical (unpaired) electrons. The van der Waals surface area contributed by atoms with E-state index in [1.54, 1.807) is 24.5 Å². The van der Waals surface area contributed by atoms with E-state index >= 15 is 0 Å². The van der Waals surface area contributed by atoms with Gasteiger partial charge in [0.25, 0.3) is 0 Å². The number of thiazole rings is 1. The molecule has 124 valence electrons. The second-order valence-corrected chi connectivity index (χ2v) is 7.79. The number of hydrogen-bond donors (Lipinski definition) is 2. The van der Waals surface area contributed by atoms with Crippen LogP contribution < -0.4 is 15.4 Å². The van der Waals surface area contributed by atoms with Crippen LogP contribution >= 0.6 is 11.3 Å². The van der Waals surface area contributed by atoms with Gasteiger partial charge in [0, 0.05) is 44.3 Å². The number of nitrogens with zero attached hydrogens (tertiary/aromatic N) is 4. The summed E-state index contributed by atoms with van der Waals surface area (Å²) in [4.78, 5) is 12.8. The summed E-state index contributed by atoms with van der Waals surface area (Å²) in [5.41, 5.74) is 5.96. The van der Waals surface area contributed by atoms with Crippen molar-refractivity contribution in [3.63, 3.8) is 0 Å². The molecule has 1 aromatic heterocycles. The maximum Gasteiger partial charge on any atom is 0.211 e. The first-order valence-corrected chi connectivity index (χ1v) is 9.71. The van der Waals surface area contributed by atoms with Crippen LogP contribution in [0.3, 0.4) is 0 Å². The largest absolute Gasteiger partial charge is 0.370 e. The lowest BCUT2D eigenvalue weighted by Gasteiger charge is -2.35. The quantitative estimate of drug-likeness (QED) is 0.410. The van der Waals surface area contributed by atoms with Crippen LogP contribution in [0, 0.1) is 0 Å². The Morgan fingerprint density at radius 2 is 2.18 bits per heavy atom. The van der Waals surface area contributed by atoms with Crippen LogP contribution in [0.15, 0.2) is 16.6 Å². The van der Waals surface area contributed by atoms with E-state index in [2.05, 4.69) is 19.6 Å². The van der Waals surface area contributed by atoms with Gasteiger partial charge in [-0.25, -0.2) is 18.1 Å². The summed E-state index contributed by atoms with van der Waals surface area (Å²) in [5, 5.41) is 3.00. The van der Waals surface area contributed by atoms with Gasteiger partial charge in [0.15, 0.2) is 11.1 Å². The number of nitrogens with two attached hydrogens (primary N) is 1. The summed E-state index contributed by atoms with van der Waals surface area (Å²) < 4.78 is 25.0. The highest BCUT2D eigenvalue weighted by molar-refractivity contribution is 7.89. The van der Waals surface area contributed by atoms with Gasteiger partial charge in [0.05, 0.1) is 12.3 Å². The first kappa shape index (κ1) is 17.0. The van der Waals surface area contributed by atoms with Gasteiger partial charge in [-0.3, -0.25) is 4.99 Å². The summed E-state index contributed by atoms with van der Waals surface area (Å²) in [7, 11) is -3.16. The molecule has 0 spiro atoms. The number of aromatic nitrogens is 1. The molecule has 1 saturated heterocycles. The van der Waals surface area contributed by atoms with E-state index in [9.17, 15) is 8.42 Å². The van der Waals surface area contributed by atoms with Gasteiger partial charge in [-0.05, 0) is 6.92 Å². The molecule has 0 aliphatic carbocycles. The van der Waals surface area contributed by atoms with Gasteiger partial charge < -0.3 is 15.5 Å². The molecule has 0 bridgehead atoms. The highest BCUT2D eigenvalue weighted by Crippen LogP contribution is 2.18. The molecule has 1 fully saturated rings. The molecule has 22 heavy (non-hydrogen) atoms. The third-order valence-corrected chi connectivity index (χ3v) is 5.62. The van der Waals surface area contributed by atoms with E-state index in [1.807, 2.05) is 10.3 Å². The zero-order valence-electron chi connectivity index (χ0n) is 12.6. The van der Waals surface area contributed by atoms with Crippen molar-refractivity contribution in [2.24, 2.45) is 10.7 Å². The number of rotatable bonds is 6. The average Bonchev–Trinajstić information content (AvgIpc) is 3.06. The normalized spacial score (nSPS) is 17.0. The van der Waals surface area contributed by atoms with Crippen LogP contribution in [-0.4, -0.2) is 69.3 Å². The van der Waals surface area contributed by atoms with E-state index in [1.165, 1.54) is 0 Å². The molecule has 1 aliphatic rings. The SMILES string of the molecule is CCS(=O)(=O)NCCN=C(N)N1CCN(c2nccs2)CC1. The van der Waals surface area contributed by atoms with E-state index in [4.69, 9.17) is 5.73 Å². The molecule has 3 N–H and O–H groups in total. The molecule has 0 aromatic carbocycles. The Labute approximate surface area is 135 Å². The Morgan fingerprint density at radius 3 is 2.77 bits per heavy atom. The van der Waals surface area contributed by atoms with Crippen LogP contribution in [0.2, 0.25) is 0 Å². The highest BCUT2D eigenvalue weighted by Gasteiger charge is 2.19. The maximum absolute atomic E-state index is 11.3. The number of anilines is 1. The first-order chi connectivity index (χ1) is 10.5. The van der Waals surface area contributed by atoms with Crippen molar-refractivity contribution in [3.05, 3.63) is 11.6 Å². The van der Waals surface area contributed by atoms with Crippen molar-refractivity contribution in [2.75, 3.05) is 49.9 Å². The fourth-order valence-corrected chi connectivity index (χ4v) is 3.38. The Bertz CT molecular complexity index is 579. The molecular formula is C12H22N6O2S2. The van der Waals surface area contributed by atoms with E-state index < -0.39 is 10.0 Å². The van der Waals surface area contributed by atoms with Gasteiger partial charge >= 0.3 is 0 Å². The molecule has 2 heterocycles. The molecule has 0 saturated carbocycles. The van der Waals surface area contributed by atoms with Gasteiger partial charge in [-0.15, -0.1) is 11.3 Å². The van der Waals surface area contributed by atoms with Crippen LogP contribution in [0.5, 0.6) is 0 Å². The smallest absolute Gasteiger partial charge is 0.211 e. The van der Waals surface area contributed by atoms with Crippen molar-refractivity contribution < 1.29 is 8.42 Å². The third-order valence-electron chi connectivity index (χ3n) is 3.38. The predicted octanol–water partition coefficient (Wildman–Crippen LogP) is -0.481. The number of aliphatic imine (C=N–C) groups is 1. The Balaban J connectivity index is 1.75. The van der Waals surface area contributed by atoms with Crippen molar-refractivity contribution in [3.8, 4) is 0 Å². The van der Waals surface area contributed by atoms with Crippen molar-refractivity contribution in [2.45, 2.75) is 6.92 Å². The second-order valence-electron chi connectivity index (χ2n) is 4.83. The lowest BCUT2D eigenvalue weighted by atomic mass is 10.3. The zero-order chi connectivity index (χ0) is 16.0. The van der Waals surface area contributed by atoms with Crippen molar-refractivity contribution >= 4 is 32.5 Å². The lowest BCUT2D eigenvalue weighted by Crippen LogP contribution is -2.51. The van der Waals surface area contributed by atoms with Crippen LogP contribution in [0.25, 0.3) is 0 Å². The minimum atomic E-state index is -3.16. The maximum atomic E-state index is 11.3. The predicted molar refractivity (Wildman–Crippen MR) is 89.9 cm³/mol. The number of sulfonamides is 1. The van der Waals surface area contributed by atoms with Gasteiger partial charge in [0.1, 0.15) is 0 Å². The fraction of sp³-hybridized carbons (Fsp3) is 0.667. The van der Waals surface area contributed by atoms with E-state index in [-0.39, 0.29) is 12.3 Å². The van der Waals surface area contributed by atoms with E-state index in [0.29, 0.717) is 12.5 Å². The summed E-state index contributed by atoms with van der Waals surface area (Å²) in [6.45, 7) is 5.50.